The van der Waals surface area contributed by atoms with Gasteiger partial charge >= 0.3 is 5.97 Å². The van der Waals surface area contributed by atoms with Gasteiger partial charge in [0, 0.05) is 6.42 Å². The molecule has 0 aromatic carbocycles. The molecule has 0 aliphatic heterocycles. The molecule has 0 amide bonds. The Hall–Kier alpha value is -0.350. The van der Waals surface area contributed by atoms with Crippen LogP contribution in [0.2, 0.25) is 0 Å². The Morgan fingerprint density at radius 1 is 0.944 bits per heavy atom. The Balaban J connectivity index is 3.33. The molecular weight excluding hydrogens is 360 g/mol. The number of halogens is 2. The summed E-state index contributed by atoms with van der Waals surface area (Å²) in [5.41, 5.74) is 0. The molecule has 0 spiro atoms. The fourth-order valence-corrected chi connectivity index (χ4v) is 1.81. The first kappa shape index (κ1) is 17.6. The minimum absolute atomic E-state index is 0.209. The lowest BCUT2D eigenvalue weighted by atomic mass is 10.1. The topological polar surface area (TPSA) is 37.3 Å². The normalized spacial score (nSPS) is 11.2. The smallest absolute Gasteiger partial charge is 0.303 e. The van der Waals surface area contributed by atoms with E-state index in [1.165, 1.54) is 19.3 Å². The van der Waals surface area contributed by atoms with Crippen molar-refractivity contribution in [2.75, 3.05) is 0 Å². The van der Waals surface area contributed by atoms with Crippen molar-refractivity contribution in [1.82, 2.24) is 0 Å². The average Bonchev–Trinajstić information content (AvgIpc) is 2.29. The fourth-order valence-electron chi connectivity index (χ4n) is 1.35. The molecule has 0 rings (SSSR count). The standard InChI is InChI=1S/C14H20Br2O2/c15-13(16)11-9-7-5-3-1-2-4-6-8-10-12-14(17)18/h2,4,6,8,11H,1,3,5,7,9-10,12H2,(H,17,18)/b4-2+,8-6-. The van der Waals surface area contributed by atoms with Crippen LogP contribution in [0.4, 0.5) is 0 Å². The predicted molar refractivity (Wildman–Crippen MR) is 84.2 cm³/mol. The second-order valence-corrected chi connectivity index (χ2v) is 6.69. The molecule has 0 aliphatic rings. The lowest BCUT2D eigenvalue weighted by Gasteiger charge is -1.94. The Kier molecular flexibility index (Phi) is 12.8. The molecule has 0 atom stereocenters. The molecule has 0 aliphatic carbocycles. The molecule has 0 aromatic rings. The summed E-state index contributed by atoms with van der Waals surface area (Å²) < 4.78 is 1.03. The maximum atomic E-state index is 10.2. The maximum Gasteiger partial charge on any atom is 0.303 e. The zero-order valence-electron chi connectivity index (χ0n) is 10.4. The molecule has 2 nitrogen and oxygen atoms in total. The number of carbonyl (C=O) groups is 1. The predicted octanol–water partition coefficient (Wildman–Crippen LogP) is 5.55. The van der Waals surface area contributed by atoms with Gasteiger partial charge in [-0.05, 0) is 64.0 Å². The molecule has 0 saturated carbocycles. The number of aliphatic carboxylic acids is 1. The lowest BCUT2D eigenvalue weighted by Crippen LogP contribution is -1.91. The zero-order chi connectivity index (χ0) is 13.6. The van der Waals surface area contributed by atoms with Gasteiger partial charge in [-0.25, -0.2) is 0 Å². The SMILES string of the molecule is O=C(O)CC/C=C\C=C\CCCCCC=C(Br)Br. The molecule has 0 bridgehead atoms. The van der Waals surface area contributed by atoms with Gasteiger partial charge in [-0.2, -0.15) is 0 Å². The Morgan fingerprint density at radius 2 is 1.56 bits per heavy atom. The third-order valence-corrected chi connectivity index (χ3v) is 2.93. The van der Waals surface area contributed by atoms with Gasteiger partial charge < -0.3 is 5.11 Å². The summed E-state index contributed by atoms with van der Waals surface area (Å²) in [5, 5.41) is 8.43. The molecule has 0 aromatic heterocycles. The van der Waals surface area contributed by atoms with Gasteiger partial charge in [0.25, 0.3) is 0 Å². The summed E-state index contributed by atoms with van der Waals surface area (Å²) in [6, 6.07) is 0. The first-order valence-electron chi connectivity index (χ1n) is 6.17. The highest BCUT2D eigenvalue weighted by Crippen LogP contribution is 2.15. The van der Waals surface area contributed by atoms with E-state index >= 15 is 0 Å². The van der Waals surface area contributed by atoms with Crippen molar-refractivity contribution in [3.05, 3.63) is 33.8 Å². The minimum atomic E-state index is -0.743. The number of carboxylic acids is 1. The van der Waals surface area contributed by atoms with E-state index in [0.717, 1.165) is 16.2 Å². The van der Waals surface area contributed by atoms with Crippen LogP contribution in [0, 0.1) is 0 Å². The first-order valence-corrected chi connectivity index (χ1v) is 7.76. The van der Waals surface area contributed by atoms with Gasteiger partial charge in [-0.15, -0.1) is 0 Å². The van der Waals surface area contributed by atoms with Crippen LogP contribution in [0.1, 0.15) is 44.9 Å². The Labute approximate surface area is 126 Å². The molecule has 1 N–H and O–H groups in total. The van der Waals surface area contributed by atoms with Gasteiger partial charge in [0.05, 0.1) is 3.39 Å². The van der Waals surface area contributed by atoms with E-state index in [2.05, 4.69) is 44.0 Å². The van der Waals surface area contributed by atoms with Crippen molar-refractivity contribution < 1.29 is 9.90 Å². The van der Waals surface area contributed by atoms with Crippen LogP contribution >= 0.6 is 31.9 Å². The lowest BCUT2D eigenvalue weighted by molar-refractivity contribution is -0.136. The summed E-state index contributed by atoms with van der Waals surface area (Å²) >= 11 is 6.66. The highest BCUT2D eigenvalue weighted by Gasteiger charge is 1.90. The van der Waals surface area contributed by atoms with Gasteiger partial charge in [0.1, 0.15) is 0 Å². The second-order valence-electron chi connectivity index (χ2n) is 3.92. The zero-order valence-corrected chi connectivity index (χ0v) is 13.6. The second kappa shape index (κ2) is 13.1. The number of unbranched alkanes of at least 4 members (excludes halogenated alkanes) is 4. The van der Waals surface area contributed by atoms with Crippen molar-refractivity contribution in [2.24, 2.45) is 0 Å². The number of rotatable bonds is 10. The van der Waals surface area contributed by atoms with Crippen molar-refractivity contribution in [3.8, 4) is 0 Å². The molecule has 0 fully saturated rings. The van der Waals surface area contributed by atoms with Crippen LogP contribution in [0.5, 0.6) is 0 Å². The van der Waals surface area contributed by atoms with Gasteiger partial charge in [0.2, 0.25) is 0 Å². The third-order valence-electron chi connectivity index (χ3n) is 2.28. The molecule has 4 heteroatoms. The molecule has 0 heterocycles. The highest BCUT2D eigenvalue weighted by atomic mass is 79.9. The van der Waals surface area contributed by atoms with Crippen LogP contribution in [-0.4, -0.2) is 11.1 Å². The van der Waals surface area contributed by atoms with E-state index in [9.17, 15) is 4.79 Å². The number of hydrogen-bond donors (Lipinski definition) is 1. The average molecular weight is 380 g/mol. The van der Waals surface area contributed by atoms with Crippen LogP contribution in [0.15, 0.2) is 33.8 Å². The Bertz CT molecular complexity index is 303. The molecule has 0 radical (unpaired) electrons. The van der Waals surface area contributed by atoms with E-state index in [0.29, 0.717) is 6.42 Å². The Morgan fingerprint density at radius 3 is 2.17 bits per heavy atom. The van der Waals surface area contributed by atoms with E-state index in [-0.39, 0.29) is 6.42 Å². The summed E-state index contributed by atoms with van der Waals surface area (Å²) in [4.78, 5) is 10.2. The third kappa shape index (κ3) is 15.6. The molecule has 0 unspecified atom stereocenters. The summed E-state index contributed by atoms with van der Waals surface area (Å²) in [5.74, 6) is -0.743. The fraction of sp³-hybridized carbons (Fsp3) is 0.500. The molecule has 0 saturated heterocycles. The quantitative estimate of drug-likeness (QED) is 0.399. The van der Waals surface area contributed by atoms with Gasteiger partial charge in [0.15, 0.2) is 0 Å². The summed E-state index contributed by atoms with van der Waals surface area (Å²) in [7, 11) is 0. The number of hydrogen-bond acceptors (Lipinski definition) is 1. The van der Waals surface area contributed by atoms with Gasteiger partial charge in [-0.1, -0.05) is 36.8 Å². The van der Waals surface area contributed by atoms with Gasteiger partial charge in [-0.3, -0.25) is 4.79 Å². The van der Waals surface area contributed by atoms with Crippen LogP contribution < -0.4 is 0 Å². The maximum absolute atomic E-state index is 10.2. The highest BCUT2D eigenvalue weighted by molar-refractivity contribution is 9.28. The van der Waals surface area contributed by atoms with Crippen LogP contribution in [0.25, 0.3) is 0 Å². The summed E-state index contributed by atoms with van der Waals surface area (Å²) in [6.45, 7) is 0. The number of allylic oxidation sites excluding steroid dienone is 5. The minimum Gasteiger partial charge on any atom is -0.481 e. The van der Waals surface area contributed by atoms with Crippen LogP contribution in [0.3, 0.4) is 0 Å². The van der Waals surface area contributed by atoms with E-state index in [4.69, 9.17) is 5.11 Å². The van der Waals surface area contributed by atoms with Crippen molar-refractivity contribution in [3.63, 3.8) is 0 Å². The van der Waals surface area contributed by atoms with E-state index in [1.807, 2.05) is 18.2 Å². The van der Waals surface area contributed by atoms with Crippen LogP contribution in [-0.2, 0) is 4.79 Å². The first-order chi connectivity index (χ1) is 8.63. The van der Waals surface area contributed by atoms with Crippen molar-refractivity contribution in [2.45, 2.75) is 44.9 Å². The van der Waals surface area contributed by atoms with Crippen molar-refractivity contribution >= 4 is 37.8 Å². The van der Waals surface area contributed by atoms with Crippen molar-refractivity contribution in [1.29, 1.82) is 0 Å². The molecule has 102 valence electrons. The van der Waals surface area contributed by atoms with E-state index < -0.39 is 5.97 Å². The molecular formula is C14H20Br2O2. The number of carboxylic acid groups (broad SMARTS) is 1. The molecule has 18 heavy (non-hydrogen) atoms. The monoisotopic (exact) mass is 378 g/mol. The van der Waals surface area contributed by atoms with E-state index in [1.54, 1.807) is 0 Å². The largest absolute Gasteiger partial charge is 0.481 e. The summed E-state index contributed by atoms with van der Waals surface area (Å²) in [6.07, 6.45) is 16.7.